The Hall–Kier alpha value is -1.98. The minimum Gasteiger partial charge on any atom is -0.386 e. The maximum Gasteiger partial charge on any atom is 0.242 e. The zero-order chi connectivity index (χ0) is 14.8. The molecule has 5 nitrogen and oxygen atoms in total. The largest absolute Gasteiger partial charge is 0.386 e. The van der Waals surface area contributed by atoms with Crippen LogP contribution in [-0.2, 0) is 4.79 Å². The highest BCUT2D eigenvalue weighted by molar-refractivity contribution is 5.86. The van der Waals surface area contributed by atoms with Crippen LogP contribution in [0.15, 0.2) is 36.5 Å². The number of fused-ring (bicyclic) bond motifs is 1. The molecule has 1 fully saturated rings. The molecule has 0 spiro atoms. The van der Waals surface area contributed by atoms with Crippen LogP contribution in [0.1, 0.15) is 31.9 Å². The van der Waals surface area contributed by atoms with E-state index in [1.54, 1.807) is 17.2 Å². The van der Waals surface area contributed by atoms with E-state index < -0.39 is 12.1 Å². The van der Waals surface area contributed by atoms with Gasteiger partial charge in [-0.2, -0.15) is 0 Å². The third kappa shape index (κ3) is 2.96. The third-order valence-electron chi connectivity index (χ3n) is 4.04. The van der Waals surface area contributed by atoms with Crippen molar-refractivity contribution in [3.05, 3.63) is 42.1 Å². The lowest BCUT2D eigenvalue weighted by atomic mass is 9.98. The molecule has 2 heterocycles. The molecule has 0 unspecified atom stereocenters. The molecule has 0 saturated carbocycles. The number of amides is 1. The molecule has 118 valence electrons. The summed E-state index contributed by atoms with van der Waals surface area (Å²) in [6.07, 6.45) is 2.62. The average molecular weight is 301 g/mol. The van der Waals surface area contributed by atoms with Gasteiger partial charge in [0.05, 0.1) is 5.52 Å². The number of aliphatic hydroxyl groups is 1. The molecular formula is C17H23N3O2. The number of nitrogens with two attached hydrogens (primary N) is 1. The number of para-hydroxylation sites is 1. The summed E-state index contributed by atoms with van der Waals surface area (Å²) >= 11 is 0. The van der Waals surface area contributed by atoms with Gasteiger partial charge in [-0.05, 0) is 30.5 Å². The molecule has 0 aliphatic carbocycles. The molecule has 1 saturated heterocycles. The van der Waals surface area contributed by atoms with Crippen LogP contribution in [-0.4, -0.2) is 40.0 Å². The maximum absolute atomic E-state index is 12.3. The summed E-state index contributed by atoms with van der Waals surface area (Å²) in [7, 11) is 0. The lowest BCUT2D eigenvalue weighted by Crippen LogP contribution is -2.45. The summed E-state index contributed by atoms with van der Waals surface area (Å²) in [4.78, 5) is 18.3. The third-order valence-corrected chi connectivity index (χ3v) is 4.04. The van der Waals surface area contributed by atoms with Crippen molar-refractivity contribution in [3.8, 4) is 0 Å². The molecule has 2 aromatic rings. The quantitative estimate of drug-likeness (QED) is 0.907. The van der Waals surface area contributed by atoms with Gasteiger partial charge in [-0.3, -0.25) is 9.78 Å². The van der Waals surface area contributed by atoms with E-state index in [9.17, 15) is 9.90 Å². The number of pyridine rings is 1. The predicted octanol–water partition coefficient (Wildman–Crippen LogP) is 1.85. The molecule has 1 aliphatic rings. The summed E-state index contributed by atoms with van der Waals surface area (Å²) in [6, 6.07) is 8.32. The highest BCUT2D eigenvalue weighted by Crippen LogP contribution is 2.25. The van der Waals surface area contributed by atoms with E-state index in [4.69, 9.17) is 5.73 Å². The van der Waals surface area contributed by atoms with E-state index >= 15 is 0 Å². The van der Waals surface area contributed by atoms with E-state index in [1.165, 1.54) is 0 Å². The van der Waals surface area contributed by atoms with Gasteiger partial charge in [0.2, 0.25) is 5.91 Å². The molecule has 3 rings (SSSR count). The Labute approximate surface area is 130 Å². The standard InChI is InChI=1S/C16H19N3O2.CH4/c17-14(16(21)19-9-3-4-10-19)15(20)12-7-8-18-13-6-2-1-5-11(12)13;/h1-2,5-8,14-15,20H,3-4,9-10,17H2;1H4/t14-,15+;/m1./s1. The van der Waals surface area contributed by atoms with Crippen LogP contribution in [0.5, 0.6) is 0 Å². The van der Waals surface area contributed by atoms with Crippen LogP contribution in [0.4, 0.5) is 0 Å². The Balaban J connectivity index is 0.00000176. The van der Waals surface area contributed by atoms with E-state index in [2.05, 4.69) is 4.98 Å². The molecule has 3 N–H and O–H groups in total. The number of nitrogens with zero attached hydrogens (tertiary/aromatic N) is 2. The molecule has 1 amide bonds. The molecule has 5 heteroatoms. The van der Waals surface area contributed by atoms with Crippen molar-refractivity contribution < 1.29 is 9.90 Å². The first-order valence-corrected chi connectivity index (χ1v) is 7.24. The van der Waals surface area contributed by atoms with Crippen LogP contribution in [0.2, 0.25) is 0 Å². The van der Waals surface area contributed by atoms with Crippen molar-refractivity contribution in [3.63, 3.8) is 0 Å². The normalized spacial score (nSPS) is 17.1. The molecular weight excluding hydrogens is 278 g/mol. The highest BCUT2D eigenvalue weighted by atomic mass is 16.3. The summed E-state index contributed by atoms with van der Waals surface area (Å²) in [6.45, 7) is 1.46. The van der Waals surface area contributed by atoms with Crippen LogP contribution < -0.4 is 5.73 Å². The fourth-order valence-corrected chi connectivity index (χ4v) is 2.85. The Morgan fingerprint density at radius 2 is 1.91 bits per heavy atom. The van der Waals surface area contributed by atoms with Gasteiger partial charge in [-0.25, -0.2) is 0 Å². The summed E-state index contributed by atoms with van der Waals surface area (Å²) < 4.78 is 0. The molecule has 1 aliphatic heterocycles. The number of aromatic nitrogens is 1. The van der Waals surface area contributed by atoms with Gasteiger partial charge in [0.15, 0.2) is 0 Å². The average Bonchev–Trinajstić information content (AvgIpc) is 3.06. The van der Waals surface area contributed by atoms with E-state index in [-0.39, 0.29) is 13.3 Å². The van der Waals surface area contributed by atoms with Crippen molar-refractivity contribution in [2.75, 3.05) is 13.1 Å². The second kappa shape index (κ2) is 6.85. The SMILES string of the molecule is C.N[C@@H](C(=O)N1CCCC1)[C@@H](O)c1ccnc2ccccc12. The fourth-order valence-electron chi connectivity index (χ4n) is 2.85. The Kier molecular flexibility index (Phi) is 5.11. The first-order valence-electron chi connectivity index (χ1n) is 7.24. The molecule has 0 radical (unpaired) electrons. The zero-order valence-corrected chi connectivity index (χ0v) is 11.8. The van der Waals surface area contributed by atoms with Gasteiger partial charge in [0, 0.05) is 24.7 Å². The van der Waals surface area contributed by atoms with Gasteiger partial charge in [0.25, 0.3) is 0 Å². The number of likely N-dealkylation sites (tertiary alicyclic amines) is 1. The smallest absolute Gasteiger partial charge is 0.242 e. The maximum atomic E-state index is 12.3. The molecule has 1 aromatic carbocycles. The lowest BCUT2D eigenvalue weighted by molar-refractivity contribution is -0.134. The number of carbonyl (C=O) groups excluding carboxylic acids is 1. The highest BCUT2D eigenvalue weighted by Gasteiger charge is 2.30. The number of aliphatic hydroxyl groups excluding tert-OH is 1. The van der Waals surface area contributed by atoms with E-state index in [0.717, 1.165) is 36.8 Å². The number of benzene rings is 1. The predicted molar refractivity (Wildman–Crippen MR) is 87.2 cm³/mol. The van der Waals surface area contributed by atoms with E-state index in [1.807, 2.05) is 24.3 Å². The first-order chi connectivity index (χ1) is 10.2. The number of carbonyl (C=O) groups is 1. The van der Waals surface area contributed by atoms with Crippen molar-refractivity contribution in [1.29, 1.82) is 0 Å². The van der Waals surface area contributed by atoms with Crippen molar-refractivity contribution in [1.82, 2.24) is 9.88 Å². The number of rotatable bonds is 3. The van der Waals surface area contributed by atoms with Gasteiger partial charge in [-0.1, -0.05) is 25.6 Å². The zero-order valence-electron chi connectivity index (χ0n) is 11.8. The molecule has 0 bridgehead atoms. The first kappa shape index (κ1) is 16.4. The topological polar surface area (TPSA) is 79.5 Å². The molecule has 1 aromatic heterocycles. The second-order valence-corrected chi connectivity index (χ2v) is 5.42. The Morgan fingerprint density at radius 1 is 1.23 bits per heavy atom. The van der Waals surface area contributed by atoms with Crippen molar-refractivity contribution >= 4 is 16.8 Å². The number of hydrogen-bond donors (Lipinski definition) is 2. The second-order valence-electron chi connectivity index (χ2n) is 5.42. The van der Waals surface area contributed by atoms with Gasteiger partial charge < -0.3 is 15.7 Å². The summed E-state index contributed by atoms with van der Waals surface area (Å²) in [5, 5.41) is 11.3. The molecule has 2 atom stereocenters. The Morgan fingerprint density at radius 3 is 2.64 bits per heavy atom. The van der Waals surface area contributed by atoms with Crippen LogP contribution in [0.3, 0.4) is 0 Å². The van der Waals surface area contributed by atoms with Crippen LogP contribution >= 0.6 is 0 Å². The molecule has 22 heavy (non-hydrogen) atoms. The van der Waals surface area contributed by atoms with Crippen molar-refractivity contribution in [2.24, 2.45) is 5.73 Å². The van der Waals surface area contributed by atoms with Gasteiger partial charge in [-0.15, -0.1) is 0 Å². The van der Waals surface area contributed by atoms with E-state index in [0.29, 0.717) is 5.56 Å². The number of hydrogen-bond acceptors (Lipinski definition) is 4. The van der Waals surface area contributed by atoms with Crippen molar-refractivity contribution in [2.45, 2.75) is 32.4 Å². The Bertz CT molecular complexity index is 648. The van der Waals surface area contributed by atoms with Crippen LogP contribution in [0, 0.1) is 0 Å². The fraction of sp³-hybridized carbons (Fsp3) is 0.412. The lowest BCUT2D eigenvalue weighted by Gasteiger charge is -2.24. The minimum atomic E-state index is -1.02. The summed E-state index contributed by atoms with van der Waals surface area (Å²) in [5.41, 5.74) is 7.44. The van der Waals surface area contributed by atoms with Gasteiger partial charge in [0.1, 0.15) is 12.1 Å². The summed E-state index contributed by atoms with van der Waals surface area (Å²) in [5.74, 6) is -0.180. The minimum absolute atomic E-state index is 0. The van der Waals surface area contributed by atoms with Crippen LogP contribution in [0.25, 0.3) is 10.9 Å². The monoisotopic (exact) mass is 301 g/mol. The van der Waals surface area contributed by atoms with Gasteiger partial charge >= 0.3 is 0 Å².